The second kappa shape index (κ2) is 5.65. The zero-order chi connectivity index (χ0) is 13.0. The van der Waals surface area contributed by atoms with Crippen molar-refractivity contribution in [2.45, 2.75) is 0 Å². The highest BCUT2D eigenvalue weighted by atomic mass is 79.9. The average Bonchev–Trinajstić information content (AvgIpc) is 2.30. The van der Waals surface area contributed by atoms with Crippen molar-refractivity contribution in [3.8, 4) is 5.75 Å². The number of carbonyl (C=O) groups excluding carboxylic acids is 2. The van der Waals surface area contributed by atoms with Gasteiger partial charge in [0, 0.05) is 18.6 Å². The molecule has 2 N–H and O–H groups in total. The normalized spacial score (nSPS) is 9.65. The Balaban J connectivity index is 3.06. The first-order valence-electron chi connectivity index (χ1n) is 4.59. The fourth-order valence-corrected chi connectivity index (χ4v) is 1.38. The van der Waals surface area contributed by atoms with E-state index >= 15 is 0 Å². The van der Waals surface area contributed by atoms with Crippen molar-refractivity contribution in [2.24, 2.45) is 0 Å². The van der Waals surface area contributed by atoms with Gasteiger partial charge in [0.25, 0.3) is 5.91 Å². The van der Waals surface area contributed by atoms with Gasteiger partial charge in [0.1, 0.15) is 5.75 Å². The molecule has 0 radical (unpaired) electrons. The van der Waals surface area contributed by atoms with Crippen LogP contribution in [-0.4, -0.2) is 36.2 Å². The minimum Gasteiger partial charge on any atom is -0.409 e. The minimum absolute atomic E-state index is 0.0528. The predicted molar refractivity (Wildman–Crippen MR) is 63.1 cm³/mol. The summed E-state index contributed by atoms with van der Waals surface area (Å²) in [7, 11) is 3.04. The molecule has 0 aliphatic carbocycles. The molecule has 17 heavy (non-hydrogen) atoms. The largest absolute Gasteiger partial charge is 0.414 e. The number of benzene rings is 1. The van der Waals surface area contributed by atoms with Gasteiger partial charge in [-0.15, -0.1) is 0 Å². The van der Waals surface area contributed by atoms with Gasteiger partial charge in [0.05, 0.1) is 5.56 Å². The number of nitrogens with zero attached hydrogens (tertiary/aromatic N) is 1. The van der Waals surface area contributed by atoms with Crippen molar-refractivity contribution in [3.63, 3.8) is 0 Å². The van der Waals surface area contributed by atoms with Gasteiger partial charge in [-0.1, -0.05) is 15.9 Å². The van der Waals surface area contributed by atoms with E-state index in [-0.39, 0.29) is 11.3 Å². The van der Waals surface area contributed by atoms with E-state index in [2.05, 4.69) is 15.9 Å². The molecule has 0 saturated carbocycles. The summed E-state index contributed by atoms with van der Waals surface area (Å²) in [5.41, 5.74) is 1.54. The molecular formula is C10H11BrN2O4. The molecule has 0 heterocycles. The van der Waals surface area contributed by atoms with Crippen LogP contribution in [0.5, 0.6) is 5.75 Å². The summed E-state index contributed by atoms with van der Waals surface area (Å²) >= 11 is 3.18. The number of amides is 2. The number of hydrogen-bond donors (Lipinski definition) is 2. The number of carbonyl (C=O) groups is 2. The molecule has 1 aromatic carbocycles. The maximum Gasteiger partial charge on any atom is 0.414 e. The lowest BCUT2D eigenvalue weighted by Gasteiger charge is -2.13. The Kier molecular flexibility index (Phi) is 4.47. The van der Waals surface area contributed by atoms with Gasteiger partial charge in [0.15, 0.2) is 0 Å². The molecule has 0 spiro atoms. The number of ether oxygens (including phenoxy) is 1. The molecule has 0 atom stereocenters. The summed E-state index contributed by atoms with van der Waals surface area (Å²) in [6.45, 7) is 0. The second-order valence-corrected chi connectivity index (χ2v) is 4.26. The molecule has 0 bridgehead atoms. The van der Waals surface area contributed by atoms with Gasteiger partial charge >= 0.3 is 6.09 Å². The predicted octanol–water partition coefficient (Wildman–Crippen LogP) is 1.63. The monoisotopic (exact) mass is 302 g/mol. The summed E-state index contributed by atoms with van der Waals surface area (Å²) in [5.74, 6) is -0.689. The van der Waals surface area contributed by atoms with Crippen LogP contribution in [0.2, 0.25) is 0 Å². The van der Waals surface area contributed by atoms with Crippen molar-refractivity contribution in [1.82, 2.24) is 10.4 Å². The molecule has 0 saturated heterocycles. The van der Waals surface area contributed by atoms with E-state index in [0.717, 1.165) is 0 Å². The highest BCUT2D eigenvalue weighted by molar-refractivity contribution is 9.10. The molecule has 0 aromatic heterocycles. The van der Waals surface area contributed by atoms with Crippen LogP contribution in [-0.2, 0) is 0 Å². The Morgan fingerprint density at radius 2 is 2.06 bits per heavy atom. The third-order valence-electron chi connectivity index (χ3n) is 1.85. The van der Waals surface area contributed by atoms with Crippen molar-refractivity contribution in [1.29, 1.82) is 0 Å². The number of rotatable bonds is 2. The Labute approximate surface area is 106 Å². The van der Waals surface area contributed by atoms with Crippen LogP contribution in [0.4, 0.5) is 4.79 Å². The Bertz CT molecular complexity index is 448. The van der Waals surface area contributed by atoms with Gasteiger partial charge in [-0.2, -0.15) is 0 Å². The van der Waals surface area contributed by atoms with Crippen LogP contribution in [0.25, 0.3) is 0 Å². The Morgan fingerprint density at radius 1 is 1.41 bits per heavy atom. The van der Waals surface area contributed by atoms with Crippen LogP contribution in [0.1, 0.15) is 10.4 Å². The van der Waals surface area contributed by atoms with Crippen LogP contribution < -0.4 is 10.2 Å². The Morgan fingerprint density at radius 3 is 2.59 bits per heavy atom. The van der Waals surface area contributed by atoms with E-state index in [4.69, 9.17) is 9.94 Å². The fraction of sp³-hybridized carbons (Fsp3) is 0.200. The van der Waals surface area contributed by atoms with E-state index in [0.29, 0.717) is 4.47 Å². The first-order valence-corrected chi connectivity index (χ1v) is 5.38. The average molecular weight is 303 g/mol. The van der Waals surface area contributed by atoms with Gasteiger partial charge in [-0.25, -0.2) is 10.3 Å². The first kappa shape index (κ1) is 13.5. The molecule has 2 amide bonds. The summed E-state index contributed by atoms with van der Waals surface area (Å²) in [6.07, 6.45) is -0.612. The fourth-order valence-electron chi connectivity index (χ4n) is 1.01. The molecule has 0 fully saturated rings. The number of halogens is 1. The van der Waals surface area contributed by atoms with E-state index < -0.39 is 12.0 Å². The summed E-state index contributed by atoms with van der Waals surface area (Å²) in [5, 5.41) is 8.58. The van der Waals surface area contributed by atoms with Crippen molar-refractivity contribution < 1.29 is 19.5 Å². The molecule has 92 valence electrons. The van der Waals surface area contributed by atoms with Gasteiger partial charge in [-0.3, -0.25) is 10.0 Å². The Hall–Kier alpha value is -1.60. The topological polar surface area (TPSA) is 78.9 Å². The highest BCUT2D eigenvalue weighted by Crippen LogP contribution is 2.23. The molecule has 0 aliphatic rings. The first-order chi connectivity index (χ1) is 7.95. The van der Waals surface area contributed by atoms with E-state index in [1.54, 1.807) is 6.07 Å². The third-order valence-corrected chi connectivity index (χ3v) is 2.34. The summed E-state index contributed by atoms with van der Waals surface area (Å²) < 4.78 is 5.60. The smallest absolute Gasteiger partial charge is 0.409 e. The van der Waals surface area contributed by atoms with Crippen molar-refractivity contribution >= 4 is 27.9 Å². The number of hydrogen-bond acceptors (Lipinski definition) is 4. The molecule has 0 unspecified atom stereocenters. The lowest BCUT2D eigenvalue weighted by molar-refractivity contribution is 0.0703. The standard InChI is InChI=1S/C10H11BrN2O4/c1-13(2)10(15)17-8-4-3-6(11)5-7(8)9(14)12-16/h3-5,16H,1-2H3,(H,12,14). The molecule has 6 nitrogen and oxygen atoms in total. The second-order valence-electron chi connectivity index (χ2n) is 3.34. The SMILES string of the molecule is CN(C)C(=O)Oc1ccc(Br)cc1C(=O)NO. The van der Waals surface area contributed by atoms with Crippen molar-refractivity contribution in [2.75, 3.05) is 14.1 Å². The molecule has 7 heteroatoms. The van der Waals surface area contributed by atoms with E-state index in [1.807, 2.05) is 0 Å². The molecule has 1 rings (SSSR count). The highest BCUT2D eigenvalue weighted by Gasteiger charge is 2.16. The summed E-state index contributed by atoms with van der Waals surface area (Å²) in [6, 6.07) is 4.51. The van der Waals surface area contributed by atoms with Crippen LogP contribution >= 0.6 is 15.9 Å². The summed E-state index contributed by atoms with van der Waals surface area (Å²) in [4.78, 5) is 23.9. The number of nitrogens with one attached hydrogen (secondary N) is 1. The van der Waals surface area contributed by atoms with E-state index in [9.17, 15) is 9.59 Å². The van der Waals surface area contributed by atoms with Gasteiger partial charge < -0.3 is 9.64 Å². The molecule has 1 aromatic rings. The van der Waals surface area contributed by atoms with E-state index in [1.165, 1.54) is 36.6 Å². The van der Waals surface area contributed by atoms with Crippen LogP contribution in [0.3, 0.4) is 0 Å². The lowest BCUT2D eigenvalue weighted by atomic mass is 10.2. The molecule has 0 aliphatic heterocycles. The van der Waals surface area contributed by atoms with Gasteiger partial charge in [-0.05, 0) is 18.2 Å². The maximum absolute atomic E-state index is 11.4. The zero-order valence-electron chi connectivity index (χ0n) is 9.23. The minimum atomic E-state index is -0.757. The zero-order valence-corrected chi connectivity index (χ0v) is 10.8. The van der Waals surface area contributed by atoms with Crippen LogP contribution in [0, 0.1) is 0 Å². The third kappa shape index (κ3) is 3.43. The quantitative estimate of drug-likeness (QED) is 0.643. The number of hydroxylamine groups is 1. The van der Waals surface area contributed by atoms with Crippen molar-refractivity contribution in [3.05, 3.63) is 28.2 Å². The maximum atomic E-state index is 11.4. The lowest BCUT2D eigenvalue weighted by Crippen LogP contribution is -2.27. The van der Waals surface area contributed by atoms with Crippen LogP contribution in [0.15, 0.2) is 22.7 Å². The van der Waals surface area contributed by atoms with Gasteiger partial charge in [0.2, 0.25) is 0 Å². The molecular weight excluding hydrogens is 292 g/mol.